The van der Waals surface area contributed by atoms with Crippen LogP contribution in [0.2, 0.25) is 0 Å². The lowest BCUT2D eigenvalue weighted by molar-refractivity contribution is 0.0684. The first kappa shape index (κ1) is 20.6. The normalized spacial score (nSPS) is 21.8. The fraction of sp³-hybridized carbons (Fsp3) is 0.400. The Morgan fingerprint density at radius 2 is 1.87 bits per heavy atom. The van der Waals surface area contributed by atoms with Crippen LogP contribution < -0.4 is 5.32 Å². The van der Waals surface area contributed by atoms with Crippen molar-refractivity contribution >= 4 is 16.9 Å². The Morgan fingerprint density at radius 1 is 1.13 bits per heavy atom. The molecule has 1 aliphatic rings. The van der Waals surface area contributed by atoms with Gasteiger partial charge in [0, 0.05) is 35.6 Å². The van der Waals surface area contributed by atoms with Crippen LogP contribution in [0.15, 0.2) is 48.5 Å². The zero-order valence-electron chi connectivity index (χ0n) is 17.6. The van der Waals surface area contributed by atoms with Crippen LogP contribution in [0.4, 0.5) is 4.39 Å². The molecule has 0 aliphatic heterocycles. The number of halogens is 1. The van der Waals surface area contributed by atoms with Crippen LogP contribution in [-0.2, 0) is 13.1 Å². The van der Waals surface area contributed by atoms with E-state index in [9.17, 15) is 14.3 Å². The first-order valence-corrected chi connectivity index (χ1v) is 10.8. The molecule has 5 heteroatoms. The van der Waals surface area contributed by atoms with Crippen molar-refractivity contribution in [3.05, 3.63) is 71.2 Å². The molecule has 30 heavy (non-hydrogen) atoms. The number of para-hydroxylation sites is 1. The summed E-state index contributed by atoms with van der Waals surface area (Å²) in [6.45, 7) is 5.51. The van der Waals surface area contributed by atoms with Gasteiger partial charge in [-0.05, 0) is 42.0 Å². The third-order valence-electron chi connectivity index (χ3n) is 6.78. The molecule has 158 valence electrons. The molecule has 3 unspecified atom stereocenters. The van der Waals surface area contributed by atoms with Gasteiger partial charge in [-0.2, -0.15) is 0 Å². The van der Waals surface area contributed by atoms with E-state index >= 15 is 0 Å². The summed E-state index contributed by atoms with van der Waals surface area (Å²) in [5.74, 6) is 0.0140. The smallest absolute Gasteiger partial charge is 0.352 e. The Labute approximate surface area is 176 Å². The molecule has 1 aromatic heterocycles. The molecule has 3 atom stereocenters. The zero-order valence-corrected chi connectivity index (χ0v) is 17.6. The highest BCUT2D eigenvalue weighted by Gasteiger charge is 2.28. The second kappa shape index (κ2) is 8.60. The van der Waals surface area contributed by atoms with Gasteiger partial charge >= 0.3 is 5.97 Å². The molecule has 4 nitrogen and oxygen atoms in total. The third kappa shape index (κ3) is 3.99. The van der Waals surface area contributed by atoms with Crippen LogP contribution in [0.3, 0.4) is 0 Å². The molecule has 0 amide bonds. The molecule has 0 bridgehead atoms. The van der Waals surface area contributed by atoms with Crippen molar-refractivity contribution in [3.8, 4) is 0 Å². The van der Waals surface area contributed by atoms with Crippen LogP contribution in [0.25, 0.3) is 10.9 Å². The summed E-state index contributed by atoms with van der Waals surface area (Å²) in [5.41, 5.74) is 2.89. The Hall–Kier alpha value is -2.66. The van der Waals surface area contributed by atoms with Crippen molar-refractivity contribution in [2.45, 2.75) is 52.2 Å². The molecule has 1 heterocycles. The predicted octanol–water partition coefficient (Wildman–Crippen LogP) is 5.44. The number of carboxylic acids is 1. The number of nitrogens with one attached hydrogen (secondary N) is 1. The van der Waals surface area contributed by atoms with Crippen molar-refractivity contribution in [1.29, 1.82) is 0 Å². The maximum atomic E-state index is 13.3. The third-order valence-corrected chi connectivity index (χ3v) is 6.78. The van der Waals surface area contributed by atoms with E-state index in [-0.39, 0.29) is 5.82 Å². The number of aromatic nitrogens is 1. The molecule has 1 fully saturated rings. The van der Waals surface area contributed by atoms with Crippen molar-refractivity contribution < 1.29 is 14.3 Å². The van der Waals surface area contributed by atoms with E-state index in [0.717, 1.165) is 28.5 Å². The van der Waals surface area contributed by atoms with Gasteiger partial charge in [-0.3, -0.25) is 0 Å². The van der Waals surface area contributed by atoms with Gasteiger partial charge in [0.1, 0.15) is 11.5 Å². The Bertz CT molecular complexity index is 1040. The van der Waals surface area contributed by atoms with Crippen LogP contribution >= 0.6 is 0 Å². The van der Waals surface area contributed by atoms with Gasteiger partial charge in [-0.25, -0.2) is 9.18 Å². The second-order valence-corrected chi connectivity index (χ2v) is 8.62. The van der Waals surface area contributed by atoms with Gasteiger partial charge in [0.05, 0.1) is 0 Å². The maximum Gasteiger partial charge on any atom is 0.352 e. The molecule has 1 aliphatic carbocycles. The van der Waals surface area contributed by atoms with Crippen molar-refractivity contribution in [2.75, 3.05) is 0 Å². The number of hydrogen-bond acceptors (Lipinski definition) is 2. The summed E-state index contributed by atoms with van der Waals surface area (Å²) >= 11 is 0. The largest absolute Gasteiger partial charge is 0.477 e. The van der Waals surface area contributed by atoms with Crippen LogP contribution in [0.1, 0.15) is 54.7 Å². The summed E-state index contributed by atoms with van der Waals surface area (Å²) in [5, 5.41) is 14.7. The van der Waals surface area contributed by atoms with Crippen molar-refractivity contribution in [3.63, 3.8) is 0 Å². The molecule has 2 N–H and O–H groups in total. The Balaban J connectivity index is 1.71. The van der Waals surface area contributed by atoms with E-state index in [0.29, 0.717) is 36.7 Å². The van der Waals surface area contributed by atoms with Crippen LogP contribution in [0.5, 0.6) is 0 Å². The van der Waals surface area contributed by atoms with Gasteiger partial charge in [0.15, 0.2) is 0 Å². The van der Waals surface area contributed by atoms with Gasteiger partial charge in [0.25, 0.3) is 0 Å². The first-order chi connectivity index (χ1) is 14.5. The van der Waals surface area contributed by atoms with Crippen LogP contribution in [0, 0.1) is 17.7 Å². The number of benzene rings is 2. The molecule has 0 spiro atoms. The zero-order chi connectivity index (χ0) is 21.3. The fourth-order valence-corrected chi connectivity index (χ4v) is 4.84. The number of hydrogen-bond donors (Lipinski definition) is 2. The van der Waals surface area contributed by atoms with Gasteiger partial charge in [0.2, 0.25) is 0 Å². The van der Waals surface area contributed by atoms with Gasteiger partial charge in [-0.1, -0.05) is 57.0 Å². The Kier molecular flexibility index (Phi) is 5.91. The number of aromatic carboxylic acids is 1. The maximum absolute atomic E-state index is 13.3. The summed E-state index contributed by atoms with van der Waals surface area (Å²) < 4.78 is 15.2. The van der Waals surface area contributed by atoms with Gasteiger partial charge in [-0.15, -0.1) is 0 Å². The quantitative estimate of drug-likeness (QED) is 0.571. The molecule has 0 radical (unpaired) electrons. The summed E-state index contributed by atoms with van der Waals surface area (Å²) in [4.78, 5) is 12.3. The number of fused-ring (bicyclic) bond motifs is 1. The fourth-order valence-electron chi connectivity index (χ4n) is 4.84. The highest BCUT2D eigenvalue weighted by Crippen LogP contribution is 2.31. The van der Waals surface area contributed by atoms with Crippen molar-refractivity contribution in [2.24, 2.45) is 11.8 Å². The summed E-state index contributed by atoms with van der Waals surface area (Å²) in [6, 6.07) is 14.5. The minimum Gasteiger partial charge on any atom is -0.477 e. The highest BCUT2D eigenvalue weighted by molar-refractivity contribution is 5.98. The number of nitrogens with zero attached hydrogens (tertiary/aromatic N) is 1. The average molecular weight is 409 g/mol. The topological polar surface area (TPSA) is 54.3 Å². The monoisotopic (exact) mass is 408 g/mol. The van der Waals surface area contributed by atoms with E-state index in [1.165, 1.54) is 25.0 Å². The second-order valence-electron chi connectivity index (χ2n) is 8.62. The molecule has 2 aromatic carbocycles. The molecular formula is C25H29FN2O2. The molecule has 3 aromatic rings. The van der Waals surface area contributed by atoms with E-state index in [2.05, 4.69) is 19.2 Å². The first-order valence-electron chi connectivity index (χ1n) is 10.8. The molecule has 1 saturated carbocycles. The number of carbonyl (C=O) groups is 1. The lowest BCUT2D eigenvalue weighted by atomic mass is 9.78. The molecule has 0 saturated heterocycles. The minimum absolute atomic E-state index is 0.296. The van der Waals surface area contributed by atoms with E-state index in [1.807, 2.05) is 28.8 Å². The lowest BCUT2D eigenvalue weighted by Crippen LogP contribution is -2.40. The van der Waals surface area contributed by atoms with E-state index in [4.69, 9.17) is 0 Å². The van der Waals surface area contributed by atoms with Gasteiger partial charge < -0.3 is 15.0 Å². The summed E-state index contributed by atoms with van der Waals surface area (Å²) in [6.07, 6.45) is 3.60. The highest BCUT2D eigenvalue weighted by atomic mass is 19.1. The average Bonchev–Trinajstić information content (AvgIpc) is 3.04. The Morgan fingerprint density at radius 3 is 2.60 bits per heavy atom. The van der Waals surface area contributed by atoms with E-state index in [1.54, 1.807) is 12.1 Å². The number of rotatable bonds is 6. The van der Waals surface area contributed by atoms with Crippen molar-refractivity contribution in [1.82, 2.24) is 9.88 Å². The number of carboxylic acid groups (broad SMARTS) is 1. The molecule has 4 rings (SSSR count). The standard InChI is InChI=1S/C25H29FN2O2/c1-16-6-5-8-22(17(16)2)27-14-21-20-7-3-4-9-23(20)28(24(21)25(29)30)15-18-10-12-19(26)13-11-18/h3-4,7,9-13,16-17,22,27H,5-6,8,14-15H2,1-2H3,(H,29,30). The van der Waals surface area contributed by atoms with Crippen LogP contribution in [-0.4, -0.2) is 21.7 Å². The van der Waals surface area contributed by atoms with E-state index < -0.39 is 5.97 Å². The minimum atomic E-state index is -0.935. The molecular weight excluding hydrogens is 379 g/mol. The predicted molar refractivity (Wildman–Crippen MR) is 117 cm³/mol. The summed E-state index contributed by atoms with van der Waals surface area (Å²) in [7, 11) is 0. The SMILES string of the molecule is CC1CCCC(NCc2c(C(=O)O)n(Cc3ccc(F)cc3)c3ccccc23)C1C. The lowest BCUT2D eigenvalue weighted by Gasteiger charge is -2.34.